The van der Waals surface area contributed by atoms with Crippen LogP contribution in [0.4, 0.5) is 0 Å². The molecular weight excluding hydrogens is 276 g/mol. The summed E-state index contributed by atoms with van der Waals surface area (Å²) in [6, 6.07) is -2.59. The van der Waals surface area contributed by atoms with Gasteiger partial charge in [-0.1, -0.05) is 0 Å². The van der Waals surface area contributed by atoms with Crippen LogP contribution in [0.1, 0.15) is 12.8 Å². The highest BCUT2D eigenvalue weighted by Crippen LogP contribution is 2.30. The molecule has 3 unspecified atom stereocenters. The van der Waals surface area contributed by atoms with Crippen molar-refractivity contribution >= 4 is 23.9 Å². The minimum Gasteiger partial charge on any atom is -0.481 e. The average Bonchev–Trinajstić information content (AvgIpc) is 3.03. The second-order valence-corrected chi connectivity index (χ2v) is 4.38. The Labute approximate surface area is 112 Å². The summed E-state index contributed by atoms with van der Waals surface area (Å²) in [6.45, 7) is -0.146. The second-order valence-electron chi connectivity index (χ2n) is 4.38. The molecule has 0 bridgehead atoms. The smallest absolute Gasteiger partial charge is 0.326 e. The van der Waals surface area contributed by atoms with Gasteiger partial charge >= 0.3 is 23.9 Å². The number of carboxylic acids is 4. The normalized spacial score (nSPS) is 25.7. The minimum atomic E-state index is -1.63. The molecular formula is C10H14N2O8. The zero-order valence-corrected chi connectivity index (χ0v) is 10.2. The fraction of sp³-hybridized carbons (Fsp3) is 0.600. The maximum absolute atomic E-state index is 11.0. The van der Waals surface area contributed by atoms with Crippen molar-refractivity contribution in [3.05, 3.63) is 0 Å². The first kappa shape index (κ1) is 15.9. The van der Waals surface area contributed by atoms with Gasteiger partial charge in [-0.3, -0.25) is 24.5 Å². The lowest BCUT2D eigenvalue weighted by molar-refractivity contribution is -0.146. The molecule has 1 aliphatic rings. The fourth-order valence-corrected chi connectivity index (χ4v) is 1.86. The molecule has 0 aromatic heterocycles. The Morgan fingerprint density at radius 1 is 1.15 bits per heavy atom. The third kappa shape index (κ3) is 3.42. The quantitative estimate of drug-likeness (QED) is 0.254. The SMILES string of the molecule is O=C(O)CC(NCCC1(C(=O)O)NC1C(=O)O)C(=O)O. The van der Waals surface area contributed by atoms with Gasteiger partial charge in [0.05, 0.1) is 6.42 Å². The molecule has 0 aromatic rings. The van der Waals surface area contributed by atoms with Crippen LogP contribution in [0.3, 0.4) is 0 Å². The van der Waals surface area contributed by atoms with E-state index in [4.69, 9.17) is 20.4 Å². The first-order chi connectivity index (χ1) is 9.20. The van der Waals surface area contributed by atoms with Crippen molar-refractivity contribution in [1.82, 2.24) is 10.6 Å². The summed E-state index contributed by atoms with van der Waals surface area (Å²) in [7, 11) is 0. The molecule has 3 atom stereocenters. The number of carboxylic acid groups (broad SMARTS) is 4. The van der Waals surface area contributed by atoms with Gasteiger partial charge in [0.15, 0.2) is 0 Å². The summed E-state index contributed by atoms with van der Waals surface area (Å²) in [5.74, 6) is -5.36. The fourth-order valence-electron chi connectivity index (χ4n) is 1.86. The number of nitrogens with one attached hydrogen (secondary N) is 2. The van der Waals surface area contributed by atoms with Crippen LogP contribution >= 0.6 is 0 Å². The Balaban J connectivity index is 2.53. The molecule has 1 fully saturated rings. The minimum absolute atomic E-state index is 0.146. The highest BCUT2D eigenvalue weighted by atomic mass is 16.4. The highest BCUT2D eigenvalue weighted by Gasteiger charge is 2.63. The van der Waals surface area contributed by atoms with Crippen LogP contribution in [0, 0.1) is 0 Å². The third-order valence-electron chi connectivity index (χ3n) is 3.03. The van der Waals surface area contributed by atoms with Gasteiger partial charge in [0.1, 0.15) is 17.6 Å². The summed E-state index contributed by atoms with van der Waals surface area (Å²) in [4.78, 5) is 42.9. The molecule has 6 N–H and O–H groups in total. The summed E-state index contributed by atoms with van der Waals surface area (Å²) in [5, 5.41) is 39.7. The van der Waals surface area contributed by atoms with E-state index in [9.17, 15) is 19.2 Å². The van der Waals surface area contributed by atoms with Crippen molar-refractivity contribution in [3.63, 3.8) is 0 Å². The Morgan fingerprint density at radius 2 is 1.75 bits per heavy atom. The molecule has 0 aliphatic carbocycles. The van der Waals surface area contributed by atoms with E-state index in [2.05, 4.69) is 10.6 Å². The van der Waals surface area contributed by atoms with Crippen LogP contribution < -0.4 is 10.6 Å². The lowest BCUT2D eigenvalue weighted by Crippen LogP contribution is -2.42. The lowest BCUT2D eigenvalue weighted by Gasteiger charge is -2.14. The van der Waals surface area contributed by atoms with Crippen molar-refractivity contribution in [2.75, 3.05) is 6.54 Å². The number of rotatable bonds is 9. The average molecular weight is 290 g/mol. The van der Waals surface area contributed by atoms with Gasteiger partial charge in [-0.2, -0.15) is 0 Å². The van der Waals surface area contributed by atoms with E-state index in [-0.39, 0.29) is 13.0 Å². The van der Waals surface area contributed by atoms with Crippen LogP contribution in [-0.4, -0.2) is 68.5 Å². The molecule has 0 radical (unpaired) electrons. The summed E-state index contributed by atoms with van der Waals surface area (Å²) in [5.41, 5.74) is -1.63. The molecule has 0 amide bonds. The standard InChI is InChI=1S/C10H14N2O8/c13-5(14)3-4(7(15)16)11-2-1-10(9(19)20)6(12-10)8(17)18/h4,6,11-12H,1-3H2,(H,13,14)(H,15,16)(H,17,18)(H,19,20). The topological polar surface area (TPSA) is 183 Å². The number of carbonyl (C=O) groups is 4. The van der Waals surface area contributed by atoms with Crippen LogP contribution in [0.25, 0.3) is 0 Å². The van der Waals surface area contributed by atoms with Crippen LogP contribution in [0.2, 0.25) is 0 Å². The van der Waals surface area contributed by atoms with Crippen molar-refractivity contribution in [1.29, 1.82) is 0 Å². The van der Waals surface area contributed by atoms with Crippen molar-refractivity contribution in [2.45, 2.75) is 30.5 Å². The molecule has 0 spiro atoms. The van der Waals surface area contributed by atoms with Crippen molar-refractivity contribution < 1.29 is 39.6 Å². The van der Waals surface area contributed by atoms with Crippen LogP contribution in [-0.2, 0) is 19.2 Å². The van der Waals surface area contributed by atoms with E-state index in [0.717, 1.165) is 0 Å². The Kier molecular flexibility index (Phi) is 4.63. The predicted molar refractivity (Wildman–Crippen MR) is 61.2 cm³/mol. The highest BCUT2D eigenvalue weighted by molar-refractivity contribution is 5.95. The summed E-state index contributed by atoms with van der Waals surface area (Å²) in [6.07, 6.45) is -0.839. The third-order valence-corrected chi connectivity index (χ3v) is 3.03. The van der Waals surface area contributed by atoms with E-state index in [0.29, 0.717) is 0 Å². The molecule has 20 heavy (non-hydrogen) atoms. The largest absolute Gasteiger partial charge is 0.481 e. The van der Waals surface area contributed by atoms with Crippen molar-refractivity contribution in [3.8, 4) is 0 Å². The van der Waals surface area contributed by atoms with E-state index >= 15 is 0 Å². The van der Waals surface area contributed by atoms with Gasteiger partial charge < -0.3 is 25.7 Å². The van der Waals surface area contributed by atoms with Crippen LogP contribution in [0.15, 0.2) is 0 Å². The second kappa shape index (κ2) is 5.84. The van der Waals surface area contributed by atoms with Gasteiger partial charge in [0.25, 0.3) is 0 Å². The zero-order chi connectivity index (χ0) is 15.5. The van der Waals surface area contributed by atoms with E-state index < -0.39 is 47.9 Å². The maximum Gasteiger partial charge on any atom is 0.326 e. The number of hydrogen-bond donors (Lipinski definition) is 6. The molecule has 1 heterocycles. The van der Waals surface area contributed by atoms with E-state index in [1.165, 1.54) is 0 Å². The molecule has 1 aliphatic heterocycles. The molecule has 1 rings (SSSR count). The lowest BCUT2D eigenvalue weighted by atomic mass is 10.0. The molecule has 0 aromatic carbocycles. The molecule has 0 saturated carbocycles. The molecule has 10 nitrogen and oxygen atoms in total. The first-order valence-corrected chi connectivity index (χ1v) is 5.62. The summed E-state index contributed by atoms with van der Waals surface area (Å²) < 4.78 is 0. The number of hydrogen-bond acceptors (Lipinski definition) is 6. The zero-order valence-electron chi connectivity index (χ0n) is 10.2. The van der Waals surface area contributed by atoms with Crippen molar-refractivity contribution in [2.24, 2.45) is 0 Å². The predicted octanol–water partition coefficient (Wildman–Crippen LogP) is -2.23. The Morgan fingerprint density at radius 3 is 2.10 bits per heavy atom. The van der Waals surface area contributed by atoms with E-state index in [1.807, 2.05) is 0 Å². The first-order valence-electron chi connectivity index (χ1n) is 5.62. The van der Waals surface area contributed by atoms with Gasteiger partial charge in [-0.25, -0.2) is 0 Å². The Bertz CT molecular complexity index is 451. The van der Waals surface area contributed by atoms with Gasteiger partial charge in [-0.15, -0.1) is 0 Å². The number of aliphatic carboxylic acids is 4. The monoisotopic (exact) mass is 290 g/mol. The summed E-state index contributed by atoms with van der Waals surface area (Å²) >= 11 is 0. The van der Waals surface area contributed by atoms with Gasteiger partial charge in [-0.05, 0) is 13.0 Å². The van der Waals surface area contributed by atoms with Gasteiger partial charge in [0.2, 0.25) is 0 Å². The Hall–Kier alpha value is -2.20. The maximum atomic E-state index is 11.0. The molecule has 112 valence electrons. The molecule has 10 heteroatoms. The van der Waals surface area contributed by atoms with Gasteiger partial charge in [0, 0.05) is 0 Å². The van der Waals surface area contributed by atoms with Crippen LogP contribution in [0.5, 0.6) is 0 Å². The van der Waals surface area contributed by atoms with E-state index in [1.54, 1.807) is 0 Å². The molecule has 1 saturated heterocycles.